The predicted octanol–water partition coefficient (Wildman–Crippen LogP) is 2.31. The number of aromatic nitrogens is 4. The SMILES string of the molecule is N#CC1(c2ccc(-c3ccc(N4C[C@H](Cn5ccnn5)OC4=O)cc3F)cn2)C2CN(C(=O)[C@H]3CN4CC[C@@H]3C4)CC21. The van der Waals surface area contributed by atoms with E-state index in [2.05, 4.69) is 26.3 Å². The number of piperidine rings is 2. The van der Waals surface area contributed by atoms with Gasteiger partial charge in [0, 0.05) is 61.5 Å². The van der Waals surface area contributed by atoms with Crippen molar-refractivity contribution in [3.8, 4) is 17.2 Å². The number of carbonyl (C=O) groups is 2. The number of likely N-dealkylation sites (tertiary alicyclic amines) is 1. The van der Waals surface area contributed by atoms with Crippen LogP contribution in [0.3, 0.4) is 0 Å². The summed E-state index contributed by atoms with van der Waals surface area (Å²) < 4.78 is 22.3. The van der Waals surface area contributed by atoms with E-state index in [0.717, 1.165) is 26.1 Å². The monoisotopic (exact) mass is 568 g/mol. The van der Waals surface area contributed by atoms with Crippen molar-refractivity contribution < 1.29 is 18.7 Å². The summed E-state index contributed by atoms with van der Waals surface area (Å²) in [5.74, 6) is 0.492. The molecule has 6 atom stereocenters. The number of fused-ring (bicyclic) bond motifs is 3. The number of ether oxygens (including phenoxy) is 1. The van der Waals surface area contributed by atoms with Gasteiger partial charge in [-0.2, -0.15) is 5.26 Å². The highest BCUT2D eigenvalue weighted by Crippen LogP contribution is 2.63. The first-order valence-electron chi connectivity index (χ1n) is 14.5. The molecular formula is C30H29FN8O3. The maximum atomic E-state index is 15.3. The van der Waals surface area contributed by atoms with Gasteiger partial charge in [-0.1, -0.05) is 11.3 Å². The largest absolute Gasteiger partial charge is 0.442 e. The van der Waals surface area contributed by atoms with Crippen LogP contribution in [-0.4, -0.2) is 87.2 Å². The van der Waals surface area contributed by atoms with E-state index in [0.29, 0.717) is 48.1 Å². The van der Waals surface area contributed by atoms with E-state index < -0.39 is 23.4 Å². The average Bonchev–Trinajstić information content (AvgIpc) is 3.74. The second kappa shape index (κ2) is 9.32. The molecule has 42 heavy (non-hydrogen) atoms. The van der Waals surface area contributed by atoms with E-state index in [1.165, 1.54) is 11.0 Å². The van der Waals surface area contributed by atoms with Crippen molar-refractivity contribution in [3.05, 3.63) is 60.4 Å². The lowest BCUT2D eigenvalue weighted by molar-refractivity contribution is -0.136. The zero-order chi connectivity index (χ0) is 28.6. The molecular weight excluding hydrogens is 539 g/mol. The first-order chi connectivity index (χ1) is 20.4. The van der Waals surface area contributed by atoms with Crippen LogP contribution in [-0.2, 0) is 21.5 Å². The van der Waals surface area contributed by atoms with Crippen molar-refractivity contribution in [2.75, 3.05) is 44.2 Å². The number of nitriles is 1. The number of hydrogen-bond donors (Lipinski definition) is 0. The smallest absolute Gasteiger partial charge is 0.414 e. The molecule has 4 aliphatic heterocycles. The summed E-state index contributed by atoms with van der Waals surface area (Å²) in [6, 6.07) is 10.8. The van der Waals surface area contributed by atoms with E-state index in [1.54, 1.807) is 41.5 Å². The fourth-order valence-electron chi connectivity index (χ4n) is 7.78. The van der Waals surface area contributed by atoms with Gasteiger partial charge in [-0.3, -0.25) is 14.7 Å². The van der Waals surface area contributed by atoms with E-state index >= 15 is 4.39 Å². The number of benzene rings is 1. The number of anilines is 1. The fourth-order valence-corrected chi connectivity index (χ4v) is 7.78. The van der Waals surface area contributed by atoms with Crippen molar-refractivity contribution >= 4 is 17.7 Å². The molecule has 2 aromatic heterocycles. The van der Waals surface area contributed by atoms with E-state index in [-0.39, 0.29) is 30.2 Å². The van der Waals surface area contributed by atoms with Gasteiger partial charge in [-0.05, 0) is 43.1 Å². The third-order valence-electron chi connectivity index (χ3n) is 10.0. The first kappa shape index (κ1) is 25.3. The molecule has 5 fully saturated rings. The minimum absolute atomic E-state index is 0.0771. The van der Waals surface area contributed by atoms with Crippen molar-refractivity contribution in [1.82, 2.24) is 29.8 Å². The number of carbonyl (C=O) groups excluding carboxylic acids is 2. The molecule has 6 heterocycles. The quantitative estimate of drug-likeness (QED) is 0.444. The van der Waals surface area contributed by atoms with Crippen LogP contribution in [0.5, 0.6) is 0 Å². The van der Waals surface area contributed by atoms with Gasteiger partial charge < -0.3 is 14.5 Å². The Labute approximate surface area is 241 Å². The Balaban J connectivity index is 0.941. The summed E-state index contributed by atoms with van der Waals surface area (Å²) in [4.78, 5) is 36.0. The molecule has 0 N–H and O–H groups in total. The summed E-state index contributed by atoms with van der Waals surface area (Å²) in [5, 5.41) is 17.9. The van der Waals surface area contributed by atoms with Gasteiger partial charge in [0.05, 0.1) is 42.7 Å². The molecule has 1 saturated carbocycles. The van der Waals surface area contributed by atoms with Gasteiger partial charge in [0.2, 0.25) is 5.91 Å². The number of pyridine rings is 1. The Kier molecular flexibility index (Phi) is 5.63. The number of halogens is 1. The molecule has 11 nitrogen and oxygen atoms in total. The first-order valence-corrected chi connectivity index (χ1v) is 14.5. The van der Waals surface area contributed by atoms with Crippen LogP contribution in [0, 0.1) is 40.8 Å². The Bertz CT molecular complexity index is 1590. The highest BCUT2D eigenvalue weighted by Gasteiger charge is 2.71. The molecule has 1 aliphatic carbocycles. The van der Waals surface area contributed by atoms with Gasteiger partial charge in [-0.15, -0.1) is 5.10 Å². The lowest BCUT2D eigenvalue weighted by Crippen LogP contribution is -2.42. The van der Waals surface area contributed by atoms with Crippen LogP contribution in [0.15, 0.2) is 48.9 Å². The number of rotatable bonds is 6. The molecule has 214 valence electrons. The highest BCUT2D eigenvalue weighted by atomic mass is 19.1. The number of hydrogen-bond acceptors (Lipinski definition) is 8. The minimum Gasteiger partial charge on any atom is -0.442 e. The molecule has 12 heteroatoms. The Morgan fingerprint density at radius 1 is 1.14 bits per heavy atom. The highest BCUT2D eigenvalue weighted by molar-refractivity contribution is 5.90. The molecule has 4 saturated heterocycles. The molecule has 5 aliphatic rings. The predicted molar refractivity (Wildman–Crippen MR) is 146 cm³/mol. The van der Waals surface area contributed by atoms with Crippen molar-refractivity contribution in [1.29, 1.82) is 5.26 Å². The van der Waals surface area contributed by atoms with Crippen molar-refractivity contribution in [2.45, 2.75) is 24.5 Å². The summed E-state index contributed by atoms with van der Waals surface area (Å²) in [5.41, 5.74) is 1.32. The average molecular weight is 569 g/mol. The minimum atomic E-state index is -0.700. The van der Waals surface area contributed by atoms with Crippen molar-refractivity contribution in [2.24, 2.45) is 23.7 Å². The summed E-state index contributed by atoms with van der Waals surface area (Å²) in [7, 11) is 0. The second-order valence-corrected chi connectivity index (χ2v) is 12.2. The molecule has 2 bridgehead atoms. The van der Waals surface area contributed by atoms with Gasteiger partial charge in [-0.25, -0.2) is 13.9 Å². The molecule has 3 aromatic rings. The van der Waals surface area contributed by atoms with E-state index in [1.807, 2.05) is 11.0 Å². The molecule has 2 amide bonds. The lowest BCUT2D eigenvalue weighted by Gasteiger charge is -2.29. The van der Waals surface area contributed by atoms with Crippen molar-refractivity contribution in [3.63, 3.8) is 0 Å². The van der Waals surface area contributed by atoms with Gasteiger partial charge in [0.15, 0.2) is 0 Å². The van der Waals surface area contributed by atoms with E-state index in [4.69, 9.17) is 4.74 Å². The molecule has 3 unspecified atom stereocenters. The second-order valence-electron chi connectivity index (χ2n) is 12.2. The number of cyclic esters (lactones) is 1. The lowest BCUT2D eigenvalue weighted by atomic mass is 9.90. The van der Waals surface area contributed by atoms with Crippen LogP contribution in [0.1, 0.15) is 12.1 Å². The van der Waals surface area contributed by atoms with Crippen LogP contribution in [0.25, 0.3) is 11.1 Å². The van der Waals surface area contributed by atoms with Gasteiger partial charge in [0.1, 0.15) is 17.3 Å². The standard InChI is InChI=1S/C30H29FN8O3/c31-26-9-20(39-13-21(42-29(39)41)12-38-8-6-34-35-38)2-3-22(26)18-1-4-27(33-10-18)30(17-32)24-15-37(16-25(24)30)28(40)23-14-36-7-5-19(23)11-36/h1-4,6,8-10,19,21,23-25H,5,7,11-16H2/t19-,21+,23+,24?,25?,30?/m1/s1. The van der Waals surface area contributed by atoms with E-state index in [9.17, 15) is 14.9 Å². The van der Waals surface area contributed by atoms with Crippen LogP contribution < -0.4 is 4.90 Å². The maximum Gasteiger partial charge on any atom is 0.414 e. The third-order valence-corrected chi connectivity index (χ3v) is 10.0. The summed E-state index contributed by atoms with van der Waals surface area (Å²) in [6.07, 6.45) is 4.99. The summed E-state index contributed by atoms with van der Waals surface area (Å²) >= 11 is 0. The zero-order valence-corrected chi connectivity index (χ0v) is 22.8. The Morgan fingerprint density at radius 3 is 2.64 bits per heavy atom. The van der Waals surface area contributed by atoms with Crippen LogP contribution >= 0.6 is 0 Å². The van der Waals surface area contributed by atoms with Crippen LogP contribution in [0.4, 0.5) is 14.9 Å². The maximum absolute atomic E-state index is 15.3. The fraction of sp³-hybridized carbons (Fsp3) is 0.467. The molecule has 8 rings (SSSR count). The summed E-state index contributed by atoms with van der Waals surface area (Å²) in [6.45, 7) is 4.83. The number of nitrogens with zero attached hydrogens (tertiary/aromatic N) is 8. The topological polar surface area (TPSA) is 120 Å². The third kappa shape index (κ3) is 3.83. The zero-order valence-electron chi connectivity index (χ0n) is 22.8. The normalized spacial score (nSPS) is 32.6. The molecule has 0 radical (unpaired) electrons. The number of amides is 2. The van der Waals surface area contributed by atoms with Crippen LogP contribution in [0.2, 0.25) is 0 Å². The molecule has 0 spiro atoms. The van der Waals surface area contributed by atoms with Gasteiger partial charge in [0.25, 0.3) is 0 Å². The van der Waals surface area contributed by atoms with Gasteiger partial charge >= 0.3 is 6.09 Å². The Morgan fingerprint density at radius 2 is 2.00 bits per heavy atom. The Hall–Kier alpha value is -4.37. The molecule has 1 aromatic carbocycles.